The summed E-state index contributed by atoms with van der Waals surface area (Å²) in [5, 5.41) is 0. The predicted octanol–water partition coefficient (Wildman–Crippen LogP) is 2.47. The van der Waals surface area contributed by atoms with Gasteiger partial charge in [0, 0.05) is 26.1 Å². The van der Waals surface area contributed by atoms with Gasteiger partial charge in [0.1, 0.15) is 0 Å². The van der Waals surface area contributed by atoms with Crippen LogP contribution in [0, 0.1) is 5.92 Å². The summed E-state index contributed by atoms with van der Waals surface area (Å²) >= 11 is 5.77. The molecule has 20 heavy (non-hydrogen) atoms. The van der Waals surface area contributed by atoms with Crippen LogP contribution in [-0.4, -0.2) is 39.5 Å². The monoisotopic (exact) mass is 317 g/mol. The molecule has 2 rings (SSSR count). The number of sulfonamides is 1. The predicted molar refractivity (Wildman–Crippen MR) is 79.4 cm³/mol. The zero-order chi connectivity index (χ0) is 14.6. The van der Waals surface area contributed by atoms with Crippen molar-refractivity contribution in [2.75, 3.05) is 26.8 Å². The molecule has 0 bridgehead atoms. The van der Waals surface area contributed by atoms with E-state index in [9.17, 15) is 8.42 Å². The fourth-order valence-corrected chi connectivity index (χ4v) is 4.35. The molecule has 1 aromatic rings. The molecule has 0 saturated carbocycles. The Hall–Kier alpha value is -0.620. The van der Waals surface area contributed by atoms with E-state index in [1.54, 1.807) is 29.6 Å². The molecule has 1 aliphatic rings. The summed E-state index contributed by atoms with van der Waals surface area (Å²) in [6.07, 6.45) is 1.89. The molecule has 1 saturated heterocycles. The number of benzene rings is 1. The number of methoxy groups -OCH3 is 1. The second-order valence-electron chi connectivity index (χ2n) is 5.11. The van der Waals surface area contributed by atoms with Gasteiger partial charge in [0.25, 0.3) is 0 Å². The summed E-state index contributed by atoms with van der Waals surface area (Å²) in [6.45, 7) is 1.71. The fourth-order valence-electron chi connectivity index (χ4n) is 2.56. The van der Waals surface area contributed by atoms with E-state index in [1.165, 1.54) is 0 Å². The molecular weight excluding hydrogens is 298 g/mol. The molecule has 0 amide bonds. The van der Waals surface area contributed by atoms with Gasteiger partial charge in [-0.15, -0.1) is 11.6 Å². The maximum absolute atomic E-state index is 12.6. The second-order valence-corrected chi connectivity index (χ2v) is 7.31. The topological polar surface area (TPSA) is 46.6 Å². The molecule has 0 spiro atoms. The second kappa shape index (κ2) is 6.89. The molecule has 1 fully saturated rings. The lowest BCUT2D eigenvalue weighted by molar-refractivity contribution is 0.118. The standard InChI is InChI=1S/C14H20ClNO3S/c1-19-11-13-5-3-7-16(10-13)20(17,18)14-6-2-4-12(8-14)9-15/h2,4,6,8,13H,3,5,7,9-11H2,1H3. The van der Waals surface area contributed by atoms with Gasteiger partial charge in [0.15, 0.2) is 0 Å². The summed E-state index contributed by atoms with van der Waals surface area (Å²) in [7, 11) is -1.78. The van der Waals surface area contributed by atoms with Gasteiger partial charge in [-0.3, -0.25) is 0 Å². The minimum Gasteiger partial charge on any atom is -0.384 e. The average Bonchev–Trinajstić information content (AvgIpc) is 2.48. The highest BCUT2D eigenvalue weighted by Crippen LogP contribution is 2.24. The molecule has 0 aliphatic carbocycles. The van der Waals surface area contributed by atoms with Gasteiger partial charge in [-0.2, -0.15) is 4.31 Å². The maximum atomic E-state index is 12.6. The van der Waals surface area contributed by atoms with Gasteiger partial charge in [-0.1, -0.05) is 12.1 Å². The number of ether oxygens (including phenoxy) is 1. The van der Waals surface area contributed by atoms with Crippen LogP contribution in [0.5, 0.6) is 0 Å². The van der Waals surface area contributed by atoms with E-state index in [4.69, 9.17) is 16.3 Å². The van der Waals surface area contributed by atoms with Crippen molar-refractivity contribution < 1.29 is 13.2 Å². The molecular formula is C14H20ClNO3S. The summed E-state index contributed by atoms with van der Waals surface area (Å²) in [4.78, 5) is 0.328. The Bertz CT molecular complexity index is 545. The van der Waals surface area contributed by atoms with Crippen molar-refractivity contribution >= 4 is 21.6 Å². The maximum Gasteiger partial charge on any atom is 0.243 e. The van der Waals surface area contributed by atoms with E-state index in [0.29, 0.717) is 30.5 Å². The highest BCUT2D eigenvalue weighted by Gasteiger charge is 2.30. The molecule has 1 atom stereocenters. The molecule has 1 heterocycles. The number of nitrogens with zero attached hydrogens (tertiary/aromatic N) is 1. The Labute approximate surface area is 125 Å². The molecule has 6 heteroatoms. The van der Waals surface area contributed by atoms with Crippen molar-refractivity contribution in [1.29, 1.82) is 0 Å². The third-order valence-corrected chi connectivity index (χ3v) is 5.74. The molecule has 0 N–H and O–H groups in total. The number of piperidine rings is 1. The third kappa shape index (κ3) is 3.52. The Morgan fingerprint density at radius 3 is 2.95 bits per heavy atom. The van der Waals surface area contributed by atoms with Crippen LogP contribution in [0.3, 0.4) is 0 Å². The quantitative estimate of drug-likeness (QED) is 0.784. The van der Waals surface area contributed by atoms with Crippen LogP contribution in [0.2, 0.25) is 0 Å². The van der Waals surface area contributed by atoms with Gasteiger partial charge in [-0.05, 0) is 36.5 Å². The largest absolute Gasteiger partial charge is 0.384 e. The molecule has 112 valence electrons. The van der Waals surface area contributed by atoms with E-state index in [0.717, 1.165) is 18.4 Å². The van der Waals surface area contributed by atoms with Crippen molar-refractivity contribution in [2.24, 2.45) is 5.92 Å². The van der Waals surface area contributed by atoms with Crippen molar-refractivity contribution in [3.05, 3.63) is 29.8 Å². The van der Waals surface area contributed by atoms with Gasteiger partial charge in [0.05, 0.1) is 11.5 Å². The molecule has 0 radical (unpaired) electrons. The van der Waals surface area contributed by atoms with Gasteiger partial charge < -0.3 is 4.74 Å². The first kappa shape index (κ1) is 15.8. The van der Waals surface area contributed by atoms with E-state index < -0.39 is 10.0 Å². The first-order valence-corrected chi connectivity index (χ1v) is 8.69. The van der Waals surface area contributed by atoms with E-state index in [-0.39, 0.29) is 5.92 Å². The van der Waals surface area contributed by atoms with Crippen LogP contribution in [0.25, 0.3) is 0 Å². The Kier molecular flexibility index (Phi) is 5.43. The number of rotatable bonds is 5. The van der Waals surface area contributed by atoms with Crippen LogP contribution in [-0.2, 0) is 20.6 Å². The Morgan fingerprint density at radius 2 is 2.25 bits per heavy atom. The highest BCUT2D eigenvalue weighted by atomic mass is 35.5. The lowest BCUT2D eigenvalue weighted by Crippen LogP contribution is -2.41. The Balaban J connectivity index is 2.20. The van der Waals surface area contributed by atoms with Crippen molar-refractivity contribution in [1.82, 2.24) is 4.31 Å². The van der Waals surface area contributed by atoms with Crippen LogP contribution in [0.1, 0.15) is 18.4 Å². The molecule has 1 unspecified atom stereocenters. The number of alkyl halides is 1. The van der Waals surface area contributed by atoms with Crippen LogP contribution >= 0.6 is 11.6 Å². The van der Waals surface area contributed by atoms with Gasteiger partial charge in [0.2, 0.25) is 10.0 Å². The van der Waals surface area contributed by atoms with E-state index >= 15 is 0 Å². The smallest absolute Gasteiger partial charge is 0.243 e. The zero-order valence-corrected chi connectivity index (χ0v) is 13.2. The number of hydrogen-bond donors (Lipinski definition) is 0. The fraction of sp³-hybridized carbons (Fsp3) is 0.571. The van der Waals surface area contributed by atoms with Crippen LogP contribution in [0.15, 0.2) is 29.2 Å². The van der Waals surface area contributed by atoms with Crippen LogP contribution < -0.4 is 0 Å². The van der Waals surface area contributed by atoms with E-state index in [2.05, 4.69) is 0 Å². The lowest BCUT2D eigenvalue weighted by atomic mass is 10.0. The first-order valence-electron chi connectivity index (χ1n) is 6.72. The van der Waals surface area contributed by atoms with Crippen molar-refractivity contribution in [3.8, 4) is 0 Å². The minimum absolute atomic E-state index is 0.278. The van der Waals surface area contributed by atoms with Gasteiger partial charge in [-0.25, -0.2) is 8.42 Å². The lowest BCUT2D eigenvalue weighted by Gasteiger charge is -2.31. The number of hydrogen-bond acceptors (Lipinski definition) is 3. The SMILES string of the molecule is COCC1CCCN(S(=O)(=O)c2cccc(CCl)c2)C1. The normalized spacial score (nSPS) is 21.0. The summed E-state index contributed by atoms with van der Waals surface area (Å²) in [5.41, 5.74) is 0.818. The molecule has 1 aromatic carbocycles. The van der Waals surface area contributed by atoms with Crippen LogP contribution in [0.4, 0.5) is 0 Å². The first-order chi connectivity index (χ1) is 9.57. The highest BCUT2D eigenvalue weighted by molar-refractivity contribution is 7.89. The van der Waals surface area contributed by atoms with Crippen molar-refractivity contribution in [2.45, 2.75) is 23.6 Å². The summed E-state index contributed by atoms with van der Waals surface area (Å²) in [6, 6.07) is 6.85. The average molecular weight is 318 g/mol. The van der Waals surface area contributed by atoms with Gasteiger partial charge >= 0.3 is 0 Å². The van der Waals surface area contributed by atoms with E-state index in [1.807, 2.05) is 6.07 Å². The Morgan fingerprint density at radius 1 is 1.45 bits per heavy atom. The molecule has 1 aliphatic heterocycles. The molecule has 0 aromatic heterocycles. The minimum atomic E-state index is -3.43. The summed E-state index contributed by atoms with van der Waals surface area (Å²) in [5.74, 6) is 0.593. The van der Waals surface area contributed by atoms with Crippen molar-refractivity contribution in [3.63, 3.8) is 0 Å². The number of halogens is 1. The third-order valence-electron chi connectivity index (χ3n) is 3.57. The summed E-state index contributed by atoms with van der Waals surface area (Å²) < 4.78 is 32.0. The molecule has 4 nitrogen and oxygen atoms in total. The zero-order valence-electron chi connectivity index (χ0n) is 11.6.